The summed E-state index contributed by atoms with van der Waals surface area (Å²) >= 11 is 0. The summed E-state index contributed by atoms with van der Waals surface area (Å²) in [5, 5.41) is 0. The largest absolute Gasteiger partial charge is 0.383 e. The molecule has 2 aromatic heterocycles. The molecule has 0 spiro atoms. The van der Waals surface area contributed by atoms with Crippen LogP contribution in [0.3, 0.4) is 0 Å². The van der Waals surface area contributed by atoms with Crippen molar-refractivity contribution in [3.05, 3.63) is 18.3 Å². The summed E-state index contributed by atoms with van der Waals surface area (Å²) in [4.78, 5) is 8.87. The first kappa shape index (κ1) is 12.7. The molecular weight excluding hydrogens is 226 g/mol. The van der Waals surface area contributed by atoms with Gasteiger partial charge in [-0.05, 0) is 13.3 Å². The van der Waals surface area contributed by atoms with Crippen LogP contribution in [0.5, 0.6) is 0 Å². The minimum Gasteiger partial charge on any atom is -0.383 e. The molecule has 0 aliphatic rings. The summed E-state index contributed by atoms with van der Waals surface area (Å²) in [5.74, 6) is 1.78. The van der Waals surface area contributed by atoms with E-state index >= 15 is 0 Å². The van der Waals surface area contributed by atoms with Gasteiger partial charge in [0.15, 0.2) is 0 Å². The van der Waals surface area contributed by atoms with Crippen LogP contribution in [0.25, 0.3) is 11.4 Å². The zero-order valence-electron chi connectivity index (χ0n) is 11.3. The second-order valence-corrected chi connectivity index (χ2v) is 4.33. The number of imidazole rings is 2. The predicted octanol–water partition coefficient (Wildman–Crippen LogP) is 2.32. The number of aromatic nitrogens is 4. The summed E-state index contributed by atoms with van der Waals surface area (Å²) in [6.45, 7) is 8.12. The van der Waals surface area contributed by atoms with Crippen molar-refractivity contribution < 1.29 is 0 Å². The molecule has 0 atom stereocenters. The van der Waals surface area contributed by atoms with Crippen molar-refractivity contribution in [2.75, 3.05) is 5.73 Å². The van der Waals surface area contributed by atoms with Crippen LogP contribution in [0.4, 0.5) is 5.82 Å². The van der Waals surface area contributed by atoms with Gasteiger partial charge < -0.3 is 14.9 Å². The molecule has 0 fully saturated rings. The Morgan fingerprint density at radius 2 is 2.06 bits per heavy atom. The number of aryl methyl sites for hydroxylation is 2. The molecule has 0 saturated heterocycles. The maximum absolute atomic E-state index is 6.21. The second-order valence-electron chi connectivity index (χ2n) is 4.33. The molecule has 2 aromatic rings. The van der Waals surface area contributed by atoms with Crippen molar-refractivity contribution in [3.8, 4) is 11.4 Å². The third kappa shape index (κ3) is 2.00. The molecule has 0 saturated carbocycles. The first-order valence-electron chi connectivity index (χ1n) is 6.58. The van der Waals surface area contributed by atoms with Gasteiger partial charge >= 0.3 is 0 Å². The van der Waals surface area contributed by atoms with Crippen LogP contribution in [-0.2, 0) is 19.5 Å². The quantitative estimate of drug-likeness (QED) is 0.882. The molecule has 0 radical (unpaired) electrons. The average Bonchev–Trinajstić information content (AvgIpc) is 2.93. The molecule has 0 aromatic carbocycles. The van der Waals surface area contributed by atoms with Crippen LogP contribution in [0.1, 0.15) is 33.0 Å². The summed E-state index contributed by atoms with van der Waals surface area (Å²) in [6.07, 6.45) is 5.64. The Balaban J connectivity index is 2.50. The fraction of sp³-hybridized carbons (Fsp3) is 0.538. The van der Waals surface area contributed by atoms with Crippen molar-refractivity contribution in [2.45, 2.75) is 46.7 Å². The molecular formula is C13H21N5. The average molecular weight is 247 g/mol. The Bertz CT molecular complexity index is 523. The highest BCUT2D eigenvalue weighted by Gasteiger charge is 2.16. The third-order valence-electron chi connectivity index (χ3n) is 3.14. The SMILES string of the molecule is CCCn1cncc1-c1nc(CC)n(CC)c1N. The summed E-state index contributed by atoms with van der Waals surface area (Å²) in [5.41, 5.74) is 8.08. The highest BCUT2D eigenvalue weighted by atomic mass is 15.2. The third-order valence-corrected chi connectivity index (χ3v) is 3.14. The lowest BCUT2D eigenvalue weighted by molar-refractivity contribution is 0.683. The normalized spacial score (nSPS) is 11.1. The van der Waals surface area contributed by atoms with Crippen molar-refractivity contribution in [2.24, 2.45) is 0 Å². The molecule has 5 heteroatoms. The molecule has 0 aliphatic heterocycles. The minimum absolute atomic E-state index is 0.743. The molecule has 2 rings (SSSR count). The summed E-state index contributed by atoms with van der Waals surface area (Å²) in [6, 6.07) is 0. The first-order chi connectivity index (χ1) is 8.72. The zero-order chi connectivity index (χ0) is 13.1. The topological polar surface area (TPSA) is 61.7 Å². The number of hydrogen-bond acceptors (Lipinski definition) is 3. The molecule has 0 amide bonds. The number of nitrogens with zero attached hydrogens (tertiary/aromatic N) is 4. The van der Waals surface area contributed by atoms with E-state index in [4.69, 9.17) is 5.73 Å². The Labute approximate surface area is 108 Å². The minimum atomic E-state index is 0.743. The standard InChI is InChI=1S/C13H21N5/c1-4-7-17-9-15-8-10(17)12-13(14)18(6-3)11(5-2)16-12/h8-9H,4-7,14H2,1-3H3. The van der Waals surface area contributed by atoms with Gasteiger partial charge in [-0.2, -0.15) is 0 Å². The molecule has 2 N–H and O–H groups in total. The fourth-order valence-electron chi connectivity index (χ4n) is 2.26. The highest BCUT2D eigenvalue weighted by Crippen LogP contribution is 2.26. The molecule has 5 nitrogen and oxygen atoms in total. The molecule has 0 aliphatic carbocycles. The van der Waals surface area contributed by atoms with Gasteiger partial charge in [-0.25, -0.2) is 9.97 Å². The second kappa shape index (κ2) is 5.25. The van der Waals surface area contributed by atoms with Crippen molar-refractivity contribution in [3.63, 3.8) is 0 Å². The van der Waals surface area contributed by atoms with Crippen LogP contribution < -0.4 is 5.73 Å². The van der Waals surface area contributed by atoms with E-state index in [9.17, 15) is 0 Å². The maximum Gasteiger partial charge on any atom is 0.133 e. The van der Waals surface area contributed by atoms with Crippen LogP contribution in [0.2, 0.25) is 0 Å². The van der Waals surface area contributed by atoms with Gasteiger partial charge in [0.25, 0.3) is 0 Å². The van der Waals surface area contributed by atoms with E-state index in [1.165, 1.54) is 0 Å². The summed E-state index contributed by atoms with van der Waals surface area (Å²) in [7, 11) is 0. The smallest absolute Gasteiger partial charge is 0.133 e. The molecule has 0 unspecified atom stereocenters. The van der Waals surface area contributed by atoms with E-state index < -0.39 is 0 Å². The number of hydrogen-bond donors (Lipinski definition) is 1. The lowest BCUT2D eigenvalue weighted by Gasteiger charge is -2.06. The van der Waals surface area contributed by atoms with E-state index in [0.29, 0.717) is 0 Å². The number of nitrogens with two attached hydrogens (primary N) is 1. The van der Waals surface area contributed by atoms with Gasteiger partial charge in [0.1, 0.15) is 17.3 Å². The van der Waals surface area contributed by atoms with Gasteiger partial charge in [-0.3, -0.25) is 0 Å². The van der Waals surface area contributed by atoms with Crippen molar-refractivity contribution in [1.82, 2.24) is 19.1 Å². The van der Waals surface area contributed by atoms with Crippen molar-refractivity contribution in [1.29, 1.82) is 0 Å². The maximum atomic E-state index is 6.21. The lowest BCUT2D eigenvalue weighted by Crippen LogP contribution is -2.05. The molecule has 18 heavy (non-hydrogen) atoms. The van der Waals surface area contributed by atoms with E-state index in [1.807, 2.05) is 12.5 Å². The summed E-state index contributed by atoms with van der Waals surface area (Å²) < 4.78 is 4.18. The van der Waals surface area contributed by atoms with E-state index in [2.05, 4.69) is 39.9 Å². The molecule has 98 valence electrons. The lowest BCUT2D eigenvalue weighted by atomic mass is 10.3. The Hall–Kier alpha value is -1.78. The Morgan fingerprint density at radius 1 is 1.28 bits per heavy atom. The van der Waals surface area contributed by atoms with E-state index in [-0.39, 0.29) is 0 Å². The van der Waals surface area contributed by atoms with Gasteiger partial charge in [0, 0.05) is 19.5 Å². The zero-order valence-corrected chi connectivity index (χ0v) is 11.3. The van der Waals surface area contributed by atoms with Crippen LogP contribution in [-0.4, -0.2) is 19.1 Å². The Morgan fingerprint density at radius 3 is 2.61 bits per heavy atom. The van der Waals surface area contributed by atoms with E-state index in [0.717, 1.165) is 49.0 Å². The monoisotopic (exact) mass is 247 g/mol. The van der Waals surface area contributed by atoms with Gasteiger partial charge in [-0.15, -0.1) is 0 Å². The van der Waals surface area contributed by atoms with Gasteiger partial charge in [0.2, 0.25) is 0 Å². The fourth-order valence-corrected chi connectivity index (χ4v) is 2.26. The highest BCUT2D eigenvalue weighted by molar-refractivity contribution is 5.68. The van der Waals surface area contributed by atoms with Crippen LogP contribution in [0.15, 0.2) is 12.5 Å². The van der Waals surface area contributed by atoms with E-state index in [1.54, 1.807) is 0 Å². The van der Waals surface area contributed by atoms with Crippen molar-refractivity contribution >= 4 is 5.82 Å². The van der Waals surface area contributed by atoms with Gasteiger partial charge in [0.05, 0.1) is 18.2 Å². The first-order valence-corrected chi connectivity index (χ1v) is 6.58. The molecule has 0 bridgehead atoms. The Kier molecular flexibility index (Phi) is 3.69. The number of anilines is 1. The predicted molar refractivity (Wildman–Crippen MR) is 73.2 cm³/mol. The number of nitrogen functional groups attached to an aromatic ring is 1. The van der Waals surface area contributed by atoms with Crippen LogP contribution >= 0.6 is 0 Å². The number of rotatable bonds is 5. The molecule has 2 heterocycles. The van der Waals surface area contributed by atoms with Crippen LogP contribution in [0, 0.1) is 0 Å². The van der Waals surface area contributed by atoms with Gasteiger partial charge in [-0.1, -0.05) is 13.8 Å².